The van der Waals surface area contributed by atoms with E-state index < -0.39 is 0 Å². The van der Waals surface area contributed by atoms with Gasteiger partial charge in [-0.1, -0.05) is 22.4 Å². The third-order valence-electron chi connectivity index (χ3n) is 4.86. The van der Waals surface area contributed by atoms with Crippen LogP contribution in [0.15, 0.2) is 24.4 Å². The van der Waals surface area contributed by atoms with Crippen molar-refractivity contribution in [1.29, 1.82) is 0 Å². The van der Waals surface area contributed by atoms with Crippen molar-refractivity contribution in [2.24, 2.45) is 0 Å². The second kappa shape index (κ2) is 8.97. The molecule has 8 nitrogen and oxygen atoms in total. The molecule has 0 saturated carbocycles. The van der Waals surface area contributed by atoms with E-state index in [1.807, 2.05) is 30.9 Å². The number of benzene rings is 1. The van der Waals surface area contributed by atoms with Gasteiger partial charge in [-0.15, -0.1) is 5.10 Å². The van der Waals surface area contributed by atoms with Gasteiger partial charge in [0, 0.05) is 32.3 Å². The normalized spacial score (nSPS) is 16.8. The van der Waals surface area contributed by atoms with E-state index in [-0.39, 0.29) is 23.6 Å². The van der Waals surface area contributed by atoms with E-state index in [0.717, 1.165) is 36.1 Å². The van der Waals surface area contributed by atoms with Crippen LogP contribution in [-0.4, -0.2) is 65.1 Å². The highest BCUT2D eigenvalue weighted by atomic mass is 16.5. The quantitative estimate of drug-likeness (QED) is 0.765. The lowest BCUT2D eigenvalue weighted by Gasteiger charge is -2.32. The highest BCUT2D eigenvalue weighted by Crippen LogP contribution is 2.23. The van der Waals surface area contributed by atoms with Gasteiger partial charge in [-0.3, -0.25) is 9.59 Å². The first-order chi connectivity index (χ1) is 13.5. The van der Waals surface area contributed by atoms with E-state index in [4.69, 9.17) is 4.74 Å². The molecule has 28 heavy (non-hydrogen) atoms. The number of rotatable bonds is 6. The summed E-state index contributed by atoms with van der Waals surface area (Å²) in [7, 11) is 1.58. The van der Waals surface area contributed by atoms with Crippen LogP contribution in [0.4, 0.5) is 0 Å². The molecule has 2 heterocycles. The molecule has 1 atom stereocenters. The zero-order valence-electron chi connectivity index (χ0n) is 16.6. The molecule has 1 N–H and O–H groups in total. The molecule has 0 bridgehead atoms. The summed E-state index contributed by atoms with van der Waals surface area (Å²) in [6, 6.07) is 5.93. The molecule has 2 amide bonds. The fourth-order valence-corrected chi connectivity index (χ4v) is 3.55. The molecule has 0 radical (unpaired) electrons. The number of aryl methyl sites for hydroxylation is 2. The monoisotopic (exact) mass is 385 g/mol. The molecule has 1 saturated heterocycles. The summed E-state index contributed by atoms with van der Waals surface area (Å²) in [4.78, 5) is 26.9. The number of methoxy groups -OCH3 is 1. The Kier molecular flexibility index (Phi) is 6.41. The Balaban J connectivity index is 1.66. The minimum absolute atomic E-state index is 0.0108. The Morgan fingerprint density at radius 2 is 2.00 bits per heavy atom. The summed E-state index contributed by atoms with van der Waals surface area (Å²) in [5.41, 5.74) is 3.15. The molecule has 150 valence electrons. The fraction of sp³-hybridized carbons (Fsp3) is 0.500. The number of carbonyl (C=O) groups excluding carboxylic acids is 2. The number of carbonyl (C=O) groups is 2. The smallest absolute Gasteiger partial charge is 0.273 e. The summed E-state index contributed by atoms with van der Waals surface area (Å²) in [5.74, 6) is -0.239. The van der Waals surface area contributed by atoms with Crippen molar-refractivity contribution >= 4 is 11.8 Å². The lowest BCUT2D eigenvalue weighted by Crippen LogP contribution is -2.41. The fourth-order valence-electron chi connectivity index (χ4n) is 3.55. The number of likely N-dealkylation sites (tertiary alicyclic amines) is 1. The van der Waals surface area contributed by atoms with Crippen LogP contribution in [0.2, 0.25) is 0 Å². The van der Waals surface area contributed by atoms with Crippen LogP contribution < -0.4 is 5.32 Å². The summed E-state index contributed by atoms with van der Waals surface area (Å²) in [5, 5.41) is 10.8. The van der Waals surface area contributed by atoms with Crippen molar-refractivity contribution in [1.82, 2.24) is 25.2 Å². The van der Waals surface area contributed by atoms with Gasteiger partial charge in [-0.05, 0) is 38.8 Å². The first-order valence-corrected chi connectivity index (χ1v) is 9.54. The molecule has 1 aromatic carbocycles. The third-order valence-corrected chi connectivity index (χ3v) is 4.86. The molecule has 1 aliphatic heterocycles. The highest BCUT2D eigenvalue weighted by molar-refractivity contribution is 5.94. The first kappa shape index (κ1) is 20.0. The van der Waals surface area contributed by atoms with Gasteiger partial charge in [0.05, 0.1) is 18.8 Å². The SMILES string of the molecule is COCCNC(=O)c1cn([C@@H]2CCCN(C(=O)c3cc(C)cc(C)c3)C2)nn1. The number of hydrogen-bond acceptors (Lipinski definition) is 5. The van der Waals surface area contributed by atoms with Gasteiger partial charge in [0.1, 0.15) is 0 Å². The van der Waals surface area contributed by atoms with Crippen molar-refractivity contribution in [2.45, 2.75) is 32.7 Å². The van der Waals surface area contributed by atoms with Gasteiger partial charge in [-0.2, -0.15) is 0 Å². The minimum atomic E-state index is -0.276. The molecule has 0 aliphatic carbocycles. The largest absolute Gasteiger partial charge is 0.383 e. The molecule has 0 spiro atoms. The Bertz CT molecular complexity index is 828. The molecule has 1 aliphatic rings. The van der Waals surface area contributed by atoms with Crippen LogP contribution in [0.3, 0.4) is 0 Å². The van der Waals surface area contributed by atoms with Gasteiger partial charge >= 0.3 is 0 Å². The number of hydrogen-bond donors (Lipinski definition) is 1. The van der Waals surface area contributed by atoms with E-state index >= 15 is 0 Å². The zero-order chi connectivity index (χ0) is 20.1. The second-order valence-electron chi connectivity index (χ2n) is 7.26. The molecule has 3 rings (SSSR count). The van der Waals surface area contributed by atoms with Crippen LogP contribution >= 0.6 is 0 Å². The topological polar surface area (TPSA) is 89.4 Å². The standard InChI is InChI=1S/C20H27N5O3/c1-14-9-15(2)11-16(10-14)20(27)24-7-4-5-17(12-24)25-13-18(22-23-25)19(26)21-6-8-28-3/h9-11,13,17H,4-8,12H2,1-3H3,(H,21,26)/t17-/m1/s1. The zero-order valence-corrected chi connectivity index (χ0v) is 16.6. The number of nitrogens with one attached hydrogen (secondary N) is 1. The van der Waals surface area contributed by atoms with Gasteiger partial charge in [0.15, 0.2) is 5.69 Å². The summed E-state index contributed by atoms with van der Waals surface area (Å²) >= 11 is 0. The molecule has 0 unspecified atom stereocenters. The minimum Gasteiger partial charge on any atom is -0.383 e. The van der Waals surface area contributed by atoms with Crippen molar-refractivity contribution in [3.8, 4) is 0 Å². The molecule has 8 heteroatoms. The Labute approximate surface area is 164 Å². The van der Waals surface area contributed by atoms with Crippen LogP contribution in [0.25, 0.3) is 0 Å². The Hall–Kier alpha value is -2.74. The highest BCUT2D eigenvalue weighted by Gasteiger charge is 2.27. The summed E-state index contributed by atoms with van der Waals surface area (Å²) in [6.07, 6.45) is 3.43. The Morgan fingerprint density at radius 3 is 2.71 bits per heavy atom. The maximum atomic E-state index is 12.9. The average Bonchev–Trinajstić information content (AvgIpc) is 3.17. The van der Waals surface area contributed by atoms with Crippen LogP contribution in [0.1, 0.15) is 50.9 Å². The summed E-state index contributed by atoms with van der Waals surface area (Å²) < 4.78 is 6.62. The predicted octanol–water partition coefficient (Wildman–Crippen LogP) is 1.75. The van der Waals surface area contributed by atoms with E-state index in [0.29, 0.717) is 19.7 Å². The molecular weight excluding hydrogens is 358 g/mol. The van der Waals surface area contributed by atoms with E-state index in [9.17, 15) is 9.59 Å². The van der Waals surface area contributed by atoms with Crippen molar-refractivity contribution in [3.63, 3.8) is 0 Å². The molecule has 1 fully saturated rings. The number of aromatic nitrogens is 3. The van der Waals surface area contributed by atoms with Gasteiger partial charge in [0.2, 0.25) is 0 Å². The average molecular weight is 385 g/mol. The van der Waals surface area contributed by atoms with Crippen LogP contribution in [0, 0.1) is 13.8 Å². The third kappa shape index (κ3) is 4.75. The number of ether oxygens (including phenoxy) is 1. The molecular formula is C20H27N5O3. The maximum Gasteiger partial charge on any atom is 0.273 e. The number of amides is 2. The molecule has 2 aromatic rings. The first-order valence-electron chi connectivity index (χ1n) is 9.54. The predicted molar refractivity (Wildman–Crippen MR) is 104 cm³/mol. The van der Waals surface area contributed by atoms with Gasteiger partial charge < -0.3 is 15.0 Å². The van der Waals surface area contributed by atoms with Crippen LogP contribution in [-0.2, 0) is 4.74 Å². The Morgan fingerprint density at radius 1 is 1.25 bits per heavy atom. The van der Waals surface area contributed by atoms with E-state index in [1.165, 1.54) is 0 Å². The van der Waals surface area contributed by atoms with Gasteiger partial charge in [0.25, 0.3) is 11.8 Å². The van der Waals surface area contributed by atoms with Gasteiger partial charge in [-0.25, -0.2) is 4.68 Å². The van der Waals surface area contributed by atoms with Crippen molar-refractivity contribution < 1.29 is 14.3 Å². The molecule has 1 aromatic heterocycles. The number of piperidine rings is 1. The van der Waals surface area contributed by atoms with E-state index in [2.05, 4.69) is 21.7 Å². The summed E-state index contributed by atoms with van der Waals surface area (Å²) in [6.45, 7) is 6.14. The van der Waals surface area contributed by atoms with E-state index in [1.54, 1.807) is 18.0 Å². The number of nitrogens with zero attached hydrogens (tertiary/aromatic N) is 4. The second-order valence-corrected chi connectivity index (χ2v) is 7.26. The lowest BCUT2D eigenvalue weighted by molar-refractivity contribution is 0.0671. The maximum absolute atomic E-state index is 12.9. The lowest BCUT2D eigenvalue weighted by atomic mass is 10.0. The van der Waals surface area contributed by atoms with Crippen LogP contribution in [0.5, 0.6) is 0 Å². The van der Waals surface area contributed by atoms with Crippen molar-refractivity contribution in [3.05, 3.63) is 46.8 Å². The van der Waals surface area contributed by atoms with Crippen molar-refractivity contribution in [2.75, 3.05) is 33.4 Å².